The average molecular weight is 222 g/mol. The van der Waals surface area contributed by atoms with Gasteiger partial charge in [0.2, 0.25) is 0 Å². The normalized spacial score (nSPS) is 12.7. The summed E-state index contributed by atoms with van der Waals surface area (Å²) in [7, 11) is 0. The van der Waals surface area contributed by atoms with E-state index in [4.69, 9.17) is 9.84 Å². The Morgan fingerprint density at radius 1 is 1.31 bits per heavy atom. The van der Waals surface area contributed by atoms with Crippen molar-refractivity contribution < 1.29 is 14.6 Å². The summed E-state index contributed by atoms with van der Waals surface area (Å²) in [5.41, 5.74) is 1.07. The summed E-state index contributed by atoms with van der Waals surface area (Å²) < 4.78 is 5.42. The van der Waals surface area contributed by atoms with Crippen molar-refractivity contribution in [3.8, 4) is 0 Å². The maximum atomic E-state index is 10.9. The van der Waals surface area contributed by atoms with Crippen LogP contribution in [0.4, 0.5) is 0 Å². The Morgan fingerprint density at radius 2 is 1.94 bits per heavy atom. The van der Waals surface area contributed by atoms with Gasteiger partial charge in [0.25, 0.3) is 0 Å². The molecule has 0 unspecified atom stereocenters. The molecule has 0 amide bonds. The van der Waals surface area contributed by atoms with Crippen molar-refractivity contribution in [2.24, 2.45) is 11.8 Å². The highest BCUT2D eigenvalue weighted by molar-refractivity contribution is 5.70. The van der Waals surface area contributed by atoms with E-state index in [1.807, 2.05) is 44.2 Å². The van der Waals surface area contributed by atoms with E-state index in [9.17, 15) is 4.79 Å². The first kappa shape index (κ1) is 12.7. The van der Waals surface area contributed by atoms with Crippen molar-refractivity contribution in [1.82, 2.24) is 0 Å². The van der Waals surface area contributed by atoms with Crippen molar-refractivity contribution in [2.45, 2.75) is 20.5 Å². The molecular weight excluding hydrogens is 204 g/mol. The number of rotatable bonds is 6. The van der Waals surface area contributed by atoms with E-state index in [-0.39, 0.29) is 12.5 Å². The first-order valence-electron chi connectivity index (χ1n) is 5.45. The van der Waals surface area contributed by atoms with E-state index in [0.29, 0.717) is 6.61 Å². The SMILES string of the molecule is CC(C)[C@@H](COCc1ccccc1)C(=O)O. The summed E-state index contributed by atoms with van der Waals surface area (Å²) in [5.74, 6) is -1.12. The average Bonchev–Trinajstić information content (AvgIpc) is 2.24. The molecule has 0 aromatic heterocycles. The number of carbonyl (C=O) groups is 1. The van der Waals surface area contributed by atoms with Gasteiger partial charge in [-0.2, -0.15) is 0 Å². The molecule has 0 fully saturated rings. The molecule has 0 heterocycles. The minimum absolute atomic E-state index is 0.0910. The topological polar surface area (TPSA) is 46.5 Å². The number of carboxylic acids is 1. The number of carboxylic acid groups (broad SMARTS) is 1. The summed E-state index contributed by atoms with van der Waals surface area (Å²) in [6.45, 7) is 4.52. The number of benzene rings is 1. The van der Waals surface area contributed by atoms with Crippen molar-refractivity contribution in [3.63, 3.8) is 0 Å². The fraction of sp³-hybridized carbons (Fsp3) is 0.462. The molecule has 16 heavy (non-hydrogen) atoms. The van der Waals surface area contributed by atoms with Crippen LogP contribution in [0.5, 0.6) is 0 Å². The second-order valence-corrected chi connectivity index (χ2v) is 4.19. The van der Waals surface area contributed by atoms with Gasteiger partial charge in [-0.25, -0.2) is 0 Å². The van der Waals surface area contributed by atoms with E-state index in [0.717, 1.165) is 5.56 Å². The van der Waals surface area contributed by atoms with Gasteiger partial charge in [-0.05, 0) is 11.5 Å². The van der Waals surface area contributed by atoms with Gasteiger partial charge in [0, 0.05) is 0 Å². The highest BCUT2D eigenvalue weighted by Gasteiger charge is 2.21. The molecule has 0 aliphatic heterocycles. The molecule has 0 spiro atoms. The van der Waals surface area contributed by atoms with Gasteiger partial charge in [0.05, 0.1) is 19.1 Å². The molecule has 1 rings (SSSR count). The van der Waals surface area contributed by atoms with Crippen molar-refractivity contribution >= 4 is 5.97 Å². The van der Waals surface area contributed by atoms with Crippen LogP contribution in [0.25, 0.3) is 0 Å². The molecule has 88 valence electrons. The summed E-state index contributed by atoms with van der Waals surface area (Å²) >= 11 is 0. The third-order valence-electron chi connectivity index (χ3n) is 2.53. The van der Waals surface area contributed by atoms with E-state index in [1.165, 1.54) is 0 Å². The molecule has 0 saturated carbocycles. The van der Waals surface area contributed by atoms with Crippen LogP contribution in [0, 0.1) is 11.8 Å². The lowest BCUT2D eigenvalue weighted by atomic mass is 9.97. The van der Waals surface area contributed by atoms with E-state index in [1.54, 1.807) is 0 Å². The van der Waals surface area contributed by atoms with Crippen LogP contribution in [0.15, 0.2) is 30.3 Å². The largest absolute Gasteiger partial charge is 0.481 e. The van der Waals surface area contributed by atoms with E-state index >= 15 is 0 Å². The first-order valence-corrected chi connectivity index (χ1v) is 5.45. The van der Waals surface area contributed by atoms with Crippen LogP contribution in [0.1, 0.15) is 19.4 Å². The van der Waals surface area contributed by atoms with Crippen molar-refractivity contribution in [2.75, 3.05) is 6.61 Å². The predicted octanol–water partition coefficient (Wildman–Crippen LogP) is 2.56. The Kier molecular flexibility index (Phi) is 4.99. The Hall–Kier alpha value is -1.35. The van der Waals surface area contributed by atoms with Crippen LogP contribution < -0.4 is 0 Å². The highest BCUT2D eigenvalue weighted by Crippen LogP contribution is 2.12. The van der Waals surface area contributed by atoms with Gasteiger partial charge >= 0.3 is 5.97 Å². The maximum Gasteiger partial charge on any atom is 0.309 e. The Bertz CT molecular complexity index is 319. The molecule has 0 bridgehead atoms. The van der Waals surface area contributed by atoms with Crippen LogP contribution in [0.3, 0.4) is 0 Å². The lowest BCUT2D eigenvalue weighted by Gasteiger charge is -2.16. The molecule has 0 radical (unpaired) electrons. The van der Waals surface area contributed by atoms with Gasteiger partial charge in [-0.3, -0.25) is 4.79 Å². The number of ether oxygens (including phenoxy) is 1. The van der Waals surface area contributed by atoms with Crippen molar-refractivity contribution in [1.29, 1.82) is 0 Å². The highest BCUT2D eigenvalue weighted by atomic mass is 16.5. The first-order chi connectivity index (χ1) is 7.61. The van der Waals surface area contributed by atoms with Crippen LogP contribution in [-0.4, -0.2) is 17.7 Å². The van der Waals surface area contributed by atoms with Gasteiger partial charge < -0.3 is 9.84 Å². The van der Waals surface area contributed by atoms with Gasteiger partial charge in [-0.15, -0.1) is 0 Å². The lowest BCUT2D eigenvalue weighted by Crippen LogP contribution is -2.24. The van der Waals surface area contributed by atoms with Gasteiger partial charge in [0.1, 0.15) is 0 Å². The zero-order valence-electron chi connectivity index (χ0n) is 9.72. The molecule has 3 heteroatoms. The second kappa shape index (κ2) is 6.28. The molecule has 0 saturated heterocycles. The minimum atomic E-state index is -0.789. The smallest absolute Gasteiger partial charge is 0.309 e. The summed E-state index contributed by atoms with van der Waals surface area (Å²) in [5, 5.41) is 8.96. The molecule has 1 atom stereocenters. The van der Waals surface area contributed by atoms with Crippen LogP contribution >= 0.6 is 0 Å². The summed E-state index contributed by atoms with van der Waals surface area (Å²) in [4.78, 5) is 10.9. The van der Waals surface area contributed by atoms with E-state index in [2.05, 4.69) is 0 Å². The molecule has 3 nitrogen and oxygen atoms in total. The quantitative estimate of drug-likeness (QED) is 0.804. The molecule has 1 aromatic rings. The fourth-order valence-electron chi connectivity index (χ4n) is 1.43. The zero-order chi connectivity index (χ0) is 12.0. The molecule has 0 aliphatic carbocycles. The Labute approximate surface area is 96.1 Å². The van der Waals surface area contributed by atoms with Gasteiger partial charge in [-0.1, -0.05) is 44.2 Å². The van der Waals surface area contributed by atoms with Gasteiger partial charge in [0.15, 0.2) is 0 Å². The monoisotopic (exact) mass is 222 g/mol. The predicted molar refractivity (Wildman–Crippen MR) is 62.1 cm³/mol. The van der Waals surface area contributed by atoms with Crippen LogP contribution in [0.2, 0.25) is 0 Å². The van der Waals surface area contributed by atoms with Crippen molar-refractivity contribution in [3.05, 3.63) is 35.9 Å². The third kappa shape index (κ3) is 4.03. The summed E-state index contributed by atoms with van der Waals surface area (Å²) in [6, 6.07) is 9.75. The third-order valence-corrected chi connectivity index (χ3v) is 2.53. The fourth-order valence-corrected chi connectivity index (χ4v) is 1.43. The molecular formula is C13H18O3. The standard InChI is InChI=1S/C13H18O3/c1-10(2)12(13(14)15)9-16-8-11-6-4-3-5-7-11/h3-7,10,12H,8-9H2,1-2H3,(H,14,15)/t12-/m1/s1. The number of hydrogen-bond acceptors (Lipinski definition) is 2. The Morgan fingerprint density at radius 3 is 2.44 bits per heavy atom. The molecule has 0 aliphatic rings. The van der Waals surface area contributed by atoms with Crippen LogP contribution in [-0.2, 0) is 16.1 Å². The molecule has 1 aromatic carbocycles. The Balaban J connectivity index is 2.37. The zero-order valence-corrected chi connectivity index (χ0v) is 9.72. The number of aliphatic carboxylic acids is 1. The maximum absolute atomic E-state index is 10.9. The summed E-state index contributed by atoms with van der Waals surface area (Å²) in [6.07, 6.45) is 0. The number of hydrogen-bond donors (Lipinski definition) is 1. The second-order valence-electron chi connectivity index (χ2n) is 4.19. The lowest BCUT2D eigenvalue weighted by molar-refractivity contribution is -0.146. The van der Waals surface area contributed by atoms with E-state index < -0.39 is 11.9 Å². The molecule has 1 N–H and O–H groups in total. The minimum Gasteiger partial charge on any atom is -0.481 e.